The highest BCUT2D eigenvalue weighted by molar-refractivity contribution is 7.13. The Morgan fingerprint density at radius 3 is 3.06 bits per heavy atom. The molecule has 0 atom stereocenters. The number of nitrogens with one attached hydrogen (secondary N) is 1. The van der Waals surface area contributed by atoms with E-state index in [0.29, 0.717) is 6.04 Å². The van der Waals surface area contributed by atoms with Crippen molar-refractivity contribution >= 4 is 16.5 Å². The summed E-state index contributed by atoms with van der Waals surface area (Å²) in [4.78, 5) is 7.08. The van der Waals surface area contributed by atoms with Crippen molar-refractivity contribution in [3.63, 3.8) is 0 Å². The molecule has 4 nitrogen and oxygen atoms in total. The summed E-state index contributed by atoms with van der Waals surface area (Å²) in [6.45, 7) is 5.70. The number of ether oxygens (including phenoxy) is 1. The normalized spacial score (nSPS) is 15.2. The summed E-state index contributed by atoms with van der Waals surface area (Å²) in [5.41, 5.74) is 1.15. The lowest BCUT2D eigenvalue weighted by atomic mass is 10.5. The second-order valence-electron chi connectivity index (χ2n) is 4.32. The van der Waals surface area contributed by atoms with E-state index in [9.17, 15) is 0 Å². The Bertz CT molecular complexity index is 338. The van der Waals surface area contributed by atoms with Crippen LogP contribution in [0.4, 0.5) is 5.13 Å². The van der Waals surface area contributed by atoms with Gasteiger partial charge in [-0.05, 0) is 19.4 Å². The lowest BCUT2D eigenvalue weighted by Crippen LogP contribution is -2.29. The van der Waals surface area contributed by atoms with E-state index in [1.54, 1.807) is 18.4 Å². The third kappa shape index (κ3) is 3.66. The standard InChI is InChI=1S/C12H21N3OS/c1-3-13-8-10-9-17-12(14-10)15(6-7-16-2)11-4-5-11/h9,11,13H,3-8H2,1-2H3. The third-order valence-electron chi connectivity index (χ3n) is 2.87. The van der Waals surface area contributed by atoms with E-state index in [1.165, 1.54) is 12.8 Å². The first-order chi connectivity index (χ1) is 8.35. The fourth-order valence-electron chi connectivity index (χ4n) is 1.77. The van der Waals surface area contributed by atoms with Crippen LogP contribution in [0, 0.1) is 0 Å². The van der Waals surface area contributed by atoms with Crippen molar-refractivity contribution in [3.8, 4) is 0 Å². The quantitative estimate of drug-likeness (QED) is 0.769. The van der Waals surface area contributed by atoms with Crippen molar-refractivity contribution in [2.75, 3.05) is 31.7 Å². The predicted octanol–water partition coefficient (Wildman–Crippen LogP) is 1.87. The summed E-state index contributed by atoms with van der Waals surface area (Å²) >= 11 is 1.75. The van der Waals surface area contributed by atoms with Gasteiger partial charge in [0.05, 0.1) is 12.3 Å². The minimum absolute atomic E-state index is 0.697. The molecule has 1 aliphatic carbocycles. The van der Waals surface area contributed by atoms with E-state index >= 15 is 0 Å². The van der Waals surface area contributed by atoms with Crippen molar-refractivity contribution in [1.82, 2.24) is 10.3 Å². The van der Waals surface area contributed by atoms with Gasteiger partial charge >= 0.3 is 0 Å². The second kappa shape index (κ2) is 6.33. The molecule has 0 bridgehead atoms. The lowest BCUT2D eigenvalue weighted by molar-refractivity contribution is 0.205. The van der Waals surface area contributed by atoms with Gasteiger partial charge in [-0.15, -0.1) is 11.3 Å². The highest BCUT2D eigenvalue weighted by Gasteiger charge is 2.30. The van der Waals surface area contributed by atoms with Gasteiger partial charge in [0.15, 0.2) is 5.13 Å². The molecule has 1 fully saturated rings. The molecular formula is C12H21N3OS. The zero-order chi connectivity index (χ0) is 12.1. The van der Waals surface area contributed by atoms with Crippen LogP contribution in [0.1, 0.15) is 25.5 Å². The monoisotopic (exact) mass is 255 g/mol. The molecule has 0 spiro atoms. The molecule has 5 heteroatoms. The van der Waals surface area contributed by atoms with E-state index in [2.05, 4.69) is 27.5 Å². The molecule has 1 aromatic rings. The number of anilines is 1. The molecule has 96 valence electrons. The van der Waals surface area contributed by atoms with Crippen LogP contribution in [0.15, 0.2) is 5.38 Å². The Hall–Kier alpha value is -0.650. The van der Waals surface area contributed by atoms with Crippen LogP contribution in [-0.4, -0.2) is 37.8 Å². The fraction of sp³-hybridized carbons (Fsp3) is 0.750. The van der Waals surface area contributed by atoms with Crippen LogP contribution in [0.2, 0.25) is 0 Å². The maximum atomic E-state index is 5.17. The summed E-state index contributed by atoms with van der Waals surface area (Å²) in [6.07, 6.45) is 2.59. The van der Waals surface area contributed by atoms with E-state index in [1.807, 2.05) is 0 Å². The first kappa shape index (κ1) is 12.8. The highest BCUT2D eigenvalue weighted by atomic mass is 32.1. The number of rotatable bonds is 8. The molecule has 1 heterocycles. The zero-order valence-corrected chi connectivity index (χ0v) is 11.4. The maximum absolute atomic E-state index is 5.17. The first-order valence-corrected chi connectivity index (χ1v) is 7.13. The Kier molecular flexibility index (Phi) is 4.76. The van der Waals surface area contributed by atoms with Crippen molar-refractivity contribution in [3.05, 3.63) is 11.1 Å². The molecule has 1 N–H and O–H groups in total. The van der Waals surface area contributed by atoms with Gasteiger partial charge in [-0.1, -0.05) is 6.92 Å². The predicted molar refractivity (Wildman–Crippen MR) is 71.7 cm³/mol. The van der Waals surface area contributed by atoms with E-state index in [-0.39, 0.29) is 0 Å². The molecule has 0 unspecified atom stereocenters. The average molecular weight is 255 g/mol. The molecule has 1 aliphatic rings. The van der Waals surface area contributed by atoms with Crippen LogP contribution in [0.3, 0.4) is 0 Å². The second-order valence-corrected chi connectivity index (χ2v) is 5.16. The lowest BCUT2D eigenvalue weighted by Gasteiger charge is -2.20. The minimum Gasteiger partial charge on any atom is -0.383 e. The maximum Gasteiger partial charge on any atom is 0.185 e. The number of thiazole rings is 1. The molecule has 2 rings (SSSR count). The van der Waals surface area contributed by atoms with Crippen molar-refractivity contribution in [1.29, 1.82) is 0 Å². The molecule has 0 saturated heterocycles. The first-order valence-electron chi connectivity index (χ1n) is 6.25. The number of methoxy groups -OCH3 is 1. The Morgan fingerprint density at radius 1 is 1.59 bits per heavy atom. The fourth-order valence-corrected chi connectivity index (χ4v) is 2.70. The van der Waals surface area contributed by atoms with E-state index in [4.69, 9.17) is 4.74 Å². The zero-order valence-electron chi connectivity index (χ0n) is 10.6. The number of hydrogen-bond acceptors (Lipinski definition) is 5. The summed E-state index contributed by atoms with van der Waals surface area (Å²) in [7, 11) is 1.75. The van der Waals surface area contributed by atoms with Crippen molar-refractivity contribution < 1.29 is 4.74 Å². The minimum atomic E-state index is 0.697. The number of aromatic nitrogens is 1. The molecule has 0 aliphatic heterocycles. The van der Waals surface area contributed by atoms with Gasteiger partial charge in [-0.25, -0.2) is 4.98 Å². The van der Waals surface area contributed by atoms with Crippen molar-refractivity contribution in [2.24, 2.45) is 0 Å². The van der Waals surface area contributed by atoms with Crippen LogP contribution in [0.25, 0.3) is 0 Å². The van der Waals surface area contributed by atoms with Gasteiger partial charge in [0, 0.05) is 31.6 Å². The van der Waals surface area contributed by atoms with E-state index in [0.717, 1.165) is 37.1 Å². The number of nitrogens with zero attached hydrogens (tertiary/aromatic N) is 2. The molecule has 0 aromatic carbocycles. The summed E-state index contributed by atoms with van der Waals surface area (Å²) in [6, 6.07) is 0.697. The largest absolute Gasteiger partial charge is 0.383 e. The van der Waals surface area contributed by atoms with Gasteiger partial charge in [-0.2, -0.15) is 0 Å². The molecule has 0 amide bonds. The Labute approximate surface area is 107 Å². The smallest absolute Gasteiger partial charge is 0.185 e. The Morgan fingerprint density at radius 2 is 2.41 bits per heavy atom. The molecule has 17 heavy (non-hydrogen) atoms. The van der Waals surface area contributed by atoms with Gasteiger partial charge in [-0.3, -0.25) is 0 Å². The highest BCUT2D eigenvalue weighted by Crippen LogP contribution is 2.33. The average Bonchev–Trinajstić information content (AvgIpc) is 3.07. The Balaban J connectivity index is 1.94. The SMILES string of the molecule is CCNCc1csc(N(CCOC)C2CC2)n1. The van der Waals surface area contributed by atoms with Gasteiger partial charge in [0.2, 0.25) is 0 Å². The van der Waals surface area contributed by atoms with Crippen LogP contribution < -0.4 is 10.2 Å². The van der Waals surface area contributed by atoms with Crippen LogP contribution in [0.5, 0.6) is 0 Å². The summed E-state index contributed by atoms with van der Waals surface area (Å²) < 4.78 is 5.17. The topological polar surface area (TPSA) is 37.4 Å². The molecule has 0 radical (unpaired) electrons. The molecular weight excluding hydrogens is 234 g/mol. The van der Waals surface area contributed by atoms with Gasteiger partial charge < -0.3 is 15.0 Å². The van der Waals surface area contributed by atoms with Crippen LogP contribution >= 0.6 is 11.3 Å². The van der Waals surface area contributed by atoms with Gasteiger partial charge in [0.25, 0.3) is 0 Å². The number of hydrogen-bond donors (Lipinski definition) is 1. The van der Waals surface area contributed by atoms with Crippen molar-refractivity contribution in [2.45, 2.75) is 32.4 Å². The van der Waals surface area contributed by atoms with Gasteiger partial charge in [0.1, 0.15) is 0 Å². The van der Waals surface area contributed by atoms with E-state index < -0.39 is 0 Å². The molecule has 1 aromatic heterocycles. The summed E-state index contributed by atoms with van der Waals surface area (Å²) in [5, 5.41) is 6.61. The summed E-state index contributed by atoms with van der Waals surface area (Å²) in [5.74, 6) is 0. The van der Waals surface area contributed by atoms with Crippen LogP contribution in [-0.2, 0) is 11.3 Å². The third-order valence-corrected chi connectivity index (χ3v) is 3.79. The molecule has 1 saturated carbocycles.